The fraction of sp³-hybridized carbons (Fsp3) is 0.909. The monoisotopic (exact) mass is 442 g/mol. The number of unbranched alkanes of at least 4 members (excludes halogenated alkanes) is 13. The van der Waals surface area contributed by atoms with Crippen molar-refractivity contribution in [3.8, 4) is 0 Å². The summed E-state index contributed by atoms with van der Waals surface area (Å²) in [6.45, 7) is 4.43. The molecule has 1 unspecified atom stereocenters. The Labute approximate surface area is 218 Å². The van der Waals surface area contributed by atoms with Gasteiger partial charge in [-0.05, 0) is 19.3 Å². The first-order chi connectivity index (χ1) is 13.0. The molecule has 0 radical (unpaired) electrons. The molecule has 0 saturated carbocycles. The molecular weight excluding hydrogens is 399 g/mol. The SMILES string of the molecule is CCCCCCCC/C=C/C(CCCCCCCCCC)COS(=O)(=O)[O-].[K+]. The summed E-state index contributed by atoms with van der Waals surface area (Å²) in [4.78, 5) is 0. The minimum atomic E-state index is -4.60. The number of allylic oxidation sites excluding steroid dienone is 1. The van der Waals surface area contributed by atoms with Gasteiger partial charge in [0.1, 0.15) is 0 Å². The van der Waals surface area contributed by atoms with E-state index in [0.717, 1.165) is 25.7 Å². The van der Waals surface area contributed by atoms with Gasteiger partial charge in [-0.25, -0.2) is 8.42 Å². The molecule has 1 atom stereocenters. The Morgan fingerprint density at radius 3 is 1.75 bits per heavy atom. The van der Waals surface area contributed by atoms with Crippen molar-refractivity contribution in [2.45, 2.75) is 117 Å². The van der Waals surface area contributed by atoms with E-state index in [2.05, 4.69) is 30.2 Å². The van der Waals surface area contributed by atoms with Crippen molar-refractivity contribution < 1.29 is 68.5 Å². The fourth-order valence-electron chi connectivity index (χ4n) is 3.28. The molecule has 6 heteroatoms. The van der Waals surface area contributed by atoms with Gasteiger partial charge in [0.15, 0.2) is 0 Å². The van der Waals surface area contributed by atoms with E-state index in [1.807, 2.05) is 0 Å². The predicted octanol–water partition coefficient (Wildman–Crippen LogP) is 3.92. The third-order valence-corrected chi connectivity index (χ3v) is 5.41. The van der Waals surface area contributed by atoms with Crippen LogP contribution >= 0.6 is 0 Å². The van der Waals surface area contributed by atoms with Crippen LogP contribution in [0.25, 0.3) is 0 Å². The standard InChI is InChI=1S/C22H44O4S.K/c1-3-5-7-9-11-13-15-17-19-22(21-26-27(23,24)25)20-18-16-14-12-10-8-6-4-2;/h17,19,22H,3-16,18,20-21H2,1-2H3,(H,23,24,25);/q;+1/p-1/b19-17+;. The maximum atomic E-state index is 10.7. The minimum absolute atomic E-state index is 0. The van der Waals surface area contributed by atoms with E-state index in [-0.39, 0.29) is 63.9 Å². The molecule has 0 aliphatic carbocycles. The summed E-state index contributed by atoms with van der Waals surface area (Å²) in [7, 11) is -4.60. The van der Waals surface area contributed by atoms with Crippen LogP contribution in [0.4, 0.5) is 0 Å². The van der Waals surface area contributed by atoms with Crippen LogP contribution in [0, 0.1) is 5.92 Å². The van der Waals surface area contributed by atoms with Gasteiger partial charge in [0.25, 0.3) is 0 Å². The van der Waals surface area contributed by atoms with E-state index >= 15 is 0 Å². The van der Waals surface area contributed by atoms with Gasteiger partial charge in [-0.2, -0.15) is 0 Å². The molecule has 0 aromatic rings. The van der Waals surface area contributed by atoms with Gasteiger partial charge in [0, 0.05) is 5.92 Å². The molecule has 162 valence electrons. The van der Waals surface area contributed by atoms with Crippen LogP contribution in [0.15, 0.2) is 12.2 Å². The predicted molar refractivity (Wildman–Crippen MR) is 113 cm³/mol. The van der Waals surface area contributed by atoms with E-state index in [1.54, 1.807) is 0 Å². The van der Waals surface area contributed by atoms with Crippen molar-refractivity contribution in [1.82, 2.24) is 0 Å². The largest absolute Gasteiger partial charge is 1.00 e. The van der Waals surface area contributed by atoms with Crippen molar-refractivity contribution in [3.63, 3.8) is 0 Å². The zero-order chi connectivity index (χ0) is 20.2. The molecule has 0 fully saturated rings. The van der Waals surface area contributed by atoms with Gasteiger partial charge in [0.2, 0.25) is 10.4 Å². The van der Waals surface area contributed by atoms with Crippen LogP contribution in [-0.2, 0) is 14.6 Å². The van der Waals surface area contributed by atoms with Gasteiger partial charge in [0.05, 0.1) is 6.61 Å². The number of rotatable bonds is 20. The average molecular weight is 443 g/mol. The van der Waals surface area contributed by atoms with Crippen molar-refractivity contribution in [2.75, 3.05) is 6.61 Å². The summed E-state index contributed by atoms with van der Waals surface area (Å²) in [6.07, 6.45) is 23.7. The molecular formula is C22H43KO4S. The zero-order valence-electron chi connectivity index (χ0n) is 18.8. The third-order valence-electron chi connectivity index (χ3n) is 4.99. The van der Waals surface area contributed by atoms with E-state index < -0.39 is 10.4 Å². The van der Waals surface area contributed by atoms with E-state index in [0.29, 0.717) is 0 Å². The summed E-state index contributed by atoms with van der Waals surface area (Å²) in [5.41, 5.74) is 0. The summed E-state index contributed by atoms with van der Waals surface area (Å²) in [5.74, 6) is 0.0221. The van der Waals surface area contributed by atoms with Crippen molar-refractivity contribution >= 4 is 10.4 Å². The Balaban J connectivity index is 0. The molecule has 0 aromatic heterocycles. The molecule has 0 aromatic carbocycles. The minimum Gasteiger partial charge on any atom is -0.726 e. The van der Waals surface area contributed by atoms with Gasteiger partial charge in [-0.1, -0.05) is 109 Å². The Hall–Kier alpha value is 1.25. The van der Waals surface area contributed by atoms with Crippen LogP contribution < -0.4 is 51.4 Å². The molecule has 0 N–H and O–H groups in total. The first kappa shape index (κ1) is 31.4. The first-order valence-corrected chi connectivity index (χ1v) is 12.6. The first-order valence-electron chi connectivity index (χ1n) is 11.3. The van der Waals surface area contributed by atoms with Gasteiger partial charge >= 0.3 is 51.4 Å². The molecule has 0 amide bonds. The topological polar surface area (TPSA) is 66.4 Å². The van der Waals surface area contributed by atoms with Gasteiger partial charge in [-0.15, -0.1) is 0 Å². The third kappa shape index (κ3) is 25.3. The molecule has 0 aliphatic heterocycles. The number of hydrogen-bond donors (Lipinski definition) is 0. The van der Waals surface area contributed by atoms with E-state index in [1.165, 1.54) is 77.0 Å². The zero-order valence-corrected chi connectivity index (χ0v) is 22.7. The second kappa shape index (κ2) is 22.9. The normalized spacial score (nSPS) is 13.0. The summed E-state index contributed by atoms with van der Waals surface area (Å²) in [6, 6.07) is 0. The maximum Gasteiger partial charge on any atom is 1.00 e. The molecule has 0 spiro atoms. The van der Waals surface area contributed by atoms with Crippen LogP contribution in [-0.4, -0.2) is 19.6 Å². The van der Waals surface area contributed by atoms with Crippen LogP contribution in [0.5, 0.6) is 0 Å². The van der Waals surface area contributed by atoms with Crippen LogP contribution in [0.2, 0.25) is 0 Å². The van der Waals surface area contributed by atoms with E-state index in [4.69, 9.17) is 0 Å². The average Bonchev–Trinajstić information content (AvgIpc) is 2.62. The number of hydrogen-bond acceptors (Lipinski definition) is 4. The summed E-state index contributed by atoms with van der Waals surface area (Å²) >= 11 is 0. The molecule has 0 bridgehead atoms. The Kier molecular flexibility index (Phi) is 25.7. The van der Waals surface area contributed by atoms with Crippen molar-refractivity contribution in [1.29, 1.82) is 0 Å². The fourth-order valence-corrected chi connectivity index (χ4v) is 3.62. The van der Waals surface area contributed by atoms with E-state index in [9.17, 15) is 13.0 Å². The second-order valence-corrected chi connectivity index (χ2v) is 8.75. The molecule has 4 nitrogen and oxygen atoms in total. The van der Waals surface area contributed by atoms with Crippen molar-refractivity contribution in [3.05, 3.63) is 12.2 Å². The molecule has 0 rings (SSSR count). The summed E-state index contributed by atoms with van der Waals surface area (Å²) < 4.78 is 36.7. The molecule has 0 heterocycles. The quantitative estimate of drug-likeness (QED) is 0.0942. The van der Waals surface area contributed by atoms with Gasteiger partial charge in [-0.3, -0.25) is 4.18 Å². The molecule has 28 heavy (non-hydrogen) atoms. The van der Waals surface area contributed by atoms with Gasteiger partial charge < -0.3 is 4.55 Å². The molecule has 0 saturated heterocycles. The van der Waals surface area contributed by atoms with Crippen molar-refractivity contribution in [2.24, 2.45) is 5.92 Å². The summed E-state index contributed by atoms with van der Waals surface area (Å²) in [5, 5.41) is 0. The Bertz CT molecular complexity index is 438. The molecule has 0 aliphatic rings. The Morgan fingerprint density at radius 1 is 0.786 bits per heavy atom. The van der Waals surface area contributed by atoms with Crippen LogP contribution in [0.1, 0.15) is 117 Å². The van der Waals surface area contributed by atoms with Crippen LogP contribution in [0.3, 0.4) is 0 Å². The second-order valence-electron chi connectivity index (χ2n) is 7.70. The Morgan fingerprint density at radius 2 is 1.25 bits per heavy atom. The smallest absolute Gasteiger partial charge is 0.726 e. The maximum absolute atomic E-state index is 10.7.